The van der Waals surface area contributed by atoms with Gasteiger partial charge in [-0.2, -0.15) is 0 Å². The molecular weight excluding hydrogens is 835 g/mol. The van der Waals surface area contributed by atoms with Crippen LogP contribution in [0.2, 0.25) is 5.02 Å². The van der Waals surface area contributed by atoms with E-state index in [1.54, 1.807) is 18.2 Å². The van der Waals surface area contributed by atoms with Gasteiger partial charge in [0.2, 0.25) is 17.7 Å². The number of piperazine rings is 1. The number of unbranched alkanes of at least 4 members (excludes halogenated alkanes) is 4. The monoisotopic (exact) mass is 887 g/mol. The zero-order chi connectivity index (χ0) is 44.4. The number of nitrogens with one attached hydrogen (secondary N) is 1. The van der Waals surface area contributed by atoms with E-state index in [4.69, 9.17) is 16.3 Å². The summed E-state index contributed by atoms with van der Waals surface area (Å²) in [5, 5.41) is 2.74. The summed E-state index contributed by atoms with van der Waals surface area (Å²) in [7, 11) is 0. The Morgan fingerprint density at radius 2 is 1.70 bits per heavy atom. The van der Waals surface area contributed by atoms with Gasteiger partial charge >= 0.3 is 0 Å². The average molecular weight is 888 g/mol. The van der Waals surface area contributed by atoms with E-state index < -0.39 is 29.4 Å². The van der Waals surface area contributed by atoms with Crippen LogP contribution in [0, 0.1) is 17.5 Å². The topological polar surface area (TPSA) is 128 Å². The van der Waals surface area contributed by atoms with Crippen molar-refractivity contribution in [2.75, 3.05) is 50.8 Å². The first-order chi connectivity index (χ1) is 30.4. The number of benzene rings is 3. The highest BCUT2D eigenvalue weighted by Crippen LogP contribution is 2.43. The lowest BCUT2D eigenvalue weighted by Gasteiger charge is -2.40. The summed E-state index contributed by atoms with van der Waals surface area (Å²) in [6.07, 6.45) is 8.47. The molecule has 12 nitrogen and oxygen atoms in total. The van der Waals surface area contributed by atoms with Crippen LogP contribution >= 0.6 is 11.6 Å². The van der Waals surface area contributed by atoms with E-state index in [-0.39, 0.29) is 76.5 Å². The molecule has 3 aromatic carbocycles. The first kappa shape index (κ1) is 44.3. The minimum Gasteiger partial charge on any atom is -0.493 e. The number of aromatic nitrogens is 2. The second-order valence-electron chi connectivity index (χ2n) is 17.1. The molecule has 3 saturated heterocycles. The molecule has 0 aliphatic carbocycles. The van der Waals surface area contributed by atoms with Gasteiger partial charge in [0.1, 0.15) is 41.1 Å². The first-order valence-corrected chi connectivity index (χ1v) is 22.6. The number of nitrogens with zero attached hydrogens (tertiary/aromatic N) is 6. The summed E-state index contributed by atoms with van der Waals surface area (Å²) in [6.45, 7) is 8.57. The highest BCUT2D eigenvalue weighted by molar-refractivity contribution is 6.34. The second kappa shape index (κ2) is 19.2. The molecule has 4 amide bonds. The Bertz CT molecular complexity index is 2410. The van der Waals surface area contributed by atoms with Crippen LogP contribution in [0.25, 0.3) is 22.0 Å². The molecule has 4 aliphatic heterocycles. The van der Waals surface area contributed by atoms with Crippen LogP contribution < -0.4 is 15.0 Å². The maximum atomic E-state index is 16.5. The normalized spacial score (nSPS) is 19.8. The Balaban J connectivity index is 0.807. The molecule has 0 radical (unpaired) electrons. The molecule has 4 aliphatic rings. The summed E-state index contributed by atoms with van der Waals surface area (Å²) < 4.78 is 53.0. The number of hydrogen-bond acceptors (Lipinski definition) is 9. The van der Waals surface area contributed by atoms with Gasteiger partial charge in [0, 0.05) is 61.6 Å². The van der Waals surface area contributed by atoms with E-state index in [2.05, 4.69) is 20.2 Å². The van der Waals surface area contributed by atoms with Gasteiger partial charge in [-0.15, -0.1) is 0 Å². The average Bonchev–Trinajstić information content (AvgIpc) is 3.59. The number of rotatable bonds is 14. The van der Waals surface area contributed by atoms with E-state index in [0.717, 1.165) is 75.7 Å². The largest absolute Gasteiger partial charge is 0.493 e. The maximum Gasteiger partial charge on any atom is 0.255 e. The second-order valence-corrected chi connectivity index (χ2v) is 17.5. The molecule has 2 unspecified atom stereocenters. The third-order valence-electron chi connectivity index (χ3n) is 13.1. The number of piperidine rings is 2. The number of hydrogen-bond donors (Lipinski definition) is 1. The van der Waals surface area contributed by atoms with Gasteiger partial charge in [0.05, 0.1) is 17.2 Å². The van der Waals surface area contributed by atoms with E-state index >= 15 is 8.78 Å². The smallest absolute Gasteiger partial charge is 0.255 e. The minimum atomic E-state index is -0.764. The molecule has 0 bridgehead atoms. The Hall–Kier alpha value is -5.28. The number of fused-ring (bicyclic) bond motifs is 2. The SMILES string of the molecule is CCC(=O)N1CCN(c2ncnc3c(F)c(-c4c(F)cccc4OCCCCCCCN4CCC(c5cc(F)cc6c5CN(C5CCC(=O)NC5=O)C6=O)CC4)c(Cl)cc23)C(C)C1. The predicted molar refractivity (Wildman–Crippen MR) is 233 cm³/mol. The van der Waals surface area contributed by atoms with Gasteiger partial charge in [-0.05, 0) is 106 Å². The van der Waals surface area contributed by atoms with Crippen LogP contribution in [0.1, 0.15) is 105 Å². The Labute approximate surface area is 370 Å². The van der Waals surface area contributed by atoms with E-state index in [0.29, 0.717) is 49.4 Å². The summed E-state index contributed by atoms with van der Waals surface area (Å²) in [5.74, 6) is -2.19. The first-order valence-electron chi connectivity index (χ1n) is 22.2. The number of carbonyl (C=O) groups is 4. The van der Waals surface area contributed by atoms with Crippen molar-refractivity contribution in [2.24, 2.45) is 0 Å². The third-order valence-corrected chi connectivity index (χ3v) is 13.4. The van der Waals surface area contributed by atoms with Gasteiger partial charge in [-0.1, -0.05) is 43.9 Å². The van der Waals surface area contributed by atoms with E-state index in [1.807, 2.05) is 23.6 Å². The number of halogens is 4. The highest BCUT2D eigenvalue weighted by Gasteiger charge is 2.41. The number of imide groups is 1. The summed E-state index contributed by atoms with van der Waals surface area (Å²) >= 11 is 6.77. The fraction of sp³-hybridized carbons (Fsp3) is 0.489. The predicted octanol–water partition coefficient (Wildman–Crippen LogP) is 7.78. The standard InChI is InChI=1S/C47H53ClF3N7O5/c1-3-40(60)56-19-20-57(28(2)25-56)45-33-24-35(48)41(43(51)44(33)52-27-53-45)42-36(50)10-9-11-38(42)63-21-8-6-4-5-7-16-55-17-14-29(15-18-55)31-22-30(49)23-32-34(31)26-58(47(32)62)37-12-13-39(59)54-46(37)61/h9-11,22-24,27-29,37H,3-8,12-21,25-26H2,1-2H3,(H,54,59,61). The van der Waals surface area contributed by atoms with Crippen LogP contribution in [0.5, 0.6) is 5.75 Å². The molecule has 3 fully saturated rings. The highest BCUT2D eigenvalue weighted by atomic mass is 35.5. The van der Waals surface area contributed by atoms with Crippen LogP contribution in [-0.4, -0.2) is 106 Å². The van der Waals surface area contributed by atoms with Gasteiger partial charge in [0.15, 0.2) is 5.82 Å². The summed E-state index contributed by atoms with van der Waals surface area (Å²) in [5.41, 5.74) is 1.79. The Morgan fingerprint density at radius 1 is 0.921 bits per heavy atom. The Morgan fingerprint density at radius 3 is 2.46 bits per heavy atom. The van der Waals surface area contributed by atoms with Crippen molar-refractivity contribution in [3.05, 3.63) is 81.9 Å². The molecule has 5 heterocycles. The third kappa shape index (κ3) is 9.22. The fourth-order valence-corrected chi connectivity index (χ4v) is 10.1. The minimum absolute atomic E-state index is 0.00927. The molecule has 1 aromatic heterocycles. The lowest BCUT2D eigenvalue weighted by molar-refractivity contribution is -0.137. The van der Waals surface area contributed by atoms with Gasteiger partial charge in [-0.3, -0.25) is 24.5 Å². The fourth-order valence-electron chi connectivity index (χ4n) is 9.80. The number of amides is 4. The molecule has 2 atom stereocenters. The zero-order valence-electron chi connectivity index (χ0n) is 35.7. The molecule has 0 spiro atoms. The molecule has 63 heavy (non-hydrogen) atoms. The lowest BCUT2D eigenvalue weighted by Crippen LogP contribution is -2.54. The number of likely N-dealkylation sites (tertiary alicyclic amines) is 1. The quantitative estimate of drug-likeness (QED) is 0.0998. The van der Waals surface area contributed by atoms with Crippen molar-refractivity contribution in [1.82, 2.24) is 30.0 Å². The molecule has 0 saturated carbocycles. The summed E-state index contributed by atoms with van der Waals surface area (Å²) in [6, 6.07) is 7.97. The van der Waals surface area contributed by atoms with E-state index in [9.17, 15) is 23.6 Å². The lowest BCUT2D eigenvalue weighted by atomic mass is 9.85. The van der Waals surface area contributed by atoms with Crippen molar-refractivity contribution in [2.45, 2.75) is 103 Å². The molecule has 1 N–H and O–H groups in total. The van der Waals surface area contributed by atoms with Crippen molar-refractivity contribution < 1.29 is 37.1 Å². The number of ether oxygens (including phenoxy) is 1. The number of carbonyl (C=O) groups excluding carboxylic acids is 4. The Kier molecular flexibility index (Phi) is 13.5. The van der Waals surface area contributed by atoms with Crippen LogP contribution in [-0.2, 0) is 20.9 Å². The van der Waals surface area contributed by atoms with Gasteiger partial charge < -0.3 is 24.3 Å². The van der Waals surface area contributed by atoms with E-state index in [1.165, 1.54) is 29.4 Å². The van der Waals surface area contributed by atoms with Gasteiger partial charge in [-0.25, -0.2) is 23.1 Å². The molecule has 4 aromatic rings. The molecular formula is C47H53ClF3N7O5. The van der Waals surface area contributed by atoms with Crippen molar-refractivity contribution in [3.8, 4) is 16.9 Å². The number of anilines is 1. The maximum absolute atomic E-state index is 16.5. The zero-order valence-corrected chi connectivity index (χ0v) is 36.5. The molecule has 8 rings (SSSR count). The van der Waals surface area contributed by atoms with Crippen LogP contribution in [0.3, 0.4) is 0 Å². The van der Waals surface area contributed by atoms with Crippen LogP contribution in [0.4, 0.5) is 19.0 Å². The van der Waals surface area contributed by atoms with Crippen molar-refractivity contribution >= 4 is 52.0 Å². The summed E-state index contributed by atoms with van der Waals surface area (Å²) in [4.78, 5) is 66.4. The van der Waals surface area contributed by atoms with Gasteiger partial charge in [0.25, 0.3) is 5.91 Å². The van der Waals surface area contributed by atoms with Crippen molar-refractivity contribution in [3.63, 3.8) is 0 Å². The van der Waals surface area contributed by atoms with Crippen molar-refractivity contribution in [1.29, 1.82) is 0 Å². The van der Waals surface area contributed by atoms with Crippen LogP contribution in [0.15, 0.2) is 42.7 Å². The molecule has 16 heteroatoms. The molecule has 334 valence electrons.